The van der Waals surface area contributed by atoms with Gasteiger partial charge in [0.2, 0.25) is 5.91 Å². The summed E-state index contributed by atoms with van der Waals surface area (Å²) in [6, 6.07) is 8.49. The van der Waals surface area contributed by atoms with Crippen LogP contribution in [0.4, 0.5) is 0 Å². The summed E-state index contributed by atoms with van der Waals surface area (Å²) in [5.74, 6) is -1.28. The molecule has 1 aromatic rings. The van der Waals surface area contributed by atoms with Crippen LogP contribution in [0.25, 0.3) is 0 Å². The van der Waals surface area contributed by atoms with Gasteiger partial charge in [0, 0.05) is 12.5 Å². The molecule has 1 aromatic carbocycles. The lowest BCUT2D eigenvalue weighted by atomic mass is 10.1. The van der Waals surface area contributed by atoms with E-state index in [2.05, 4.69) is 10.1 Å². The number of hydrogen-bond donors (Lipinski definition) is 1. The van der Waals surface area contributed by atoms with E-state index in [4.69, 9.17) is 0 Å². The molecule has 1 unspecified atom stereocenters. The number of rotatable bonds is 6. The third-order valence-electron chi connectivity index (χ3n) is 2.55. The third kappa shape index (κ3) is 5.48. The molecule has 0 radical (unpaired) electrons. The number of ether oxygens (including phenoxy) is 1. The molecule has 0 aliphatic rings. The molecule has 5 heteroatoms. The predicted molar refractivity (Wildman–Crippen MR) is 73.9 cm³/mol. The van der Waals surface area contributed by atoms with Crippen molar-refractivity contribution in [2.45, 2.75) is 19.4 Å². The zero-order valence-electron chi connectivity index (χ0n) is 11.5. The Balaban J connectivity index is 2.73. The van der Waals surface area contributed by atoms with Crippen molar-refractivity contribution in [2.24, 2.45) is 0 Å². The van der Waals surface area contributed by atoms with E-state index in [1.54, 1.807) is 0 Å². The Morgan fingerprint density at radius 2 is 1.85 bits per heavy atom. The molecule has 0 aliphatic carbocycles. The number of allylic oxidation sites excluding steroid dienone is 1. The van der Waals surface area contributed by atoms with E-state index in [1.165, 1.54) is 14.0 Å². The first kappa shape index (κ1) is 15.6. The maximum atomic E-state index is 11.7. The van der Waals surface area contributed by atoms with E-state index in [-0.39, 0.29) is 5.78 Å². The first-order valence-electron chi connectivity index (χ1n) is 6.14. The van der Waals surface area contributed by atoms with Gasteiger partial charge in [-0.05, 0) is 18.6 Å². The molecule has 0 aliphatic heterocycles. The monoisotopic (exact) mass is 275 g/mol. The summed E-state index contributed by atoms with van der Waals surface area (Å²) in [5.41, 5.74) is 0.902. The Morgan fingerprint density at radius 1 is 1.20 bits per heavy atom. The van der Waals surface area contributed by atoms with Crippen molar-refractivity contribution in [2.75, 3.05) is 7.11 Å². The van der Waals surface area contributed by atoms with Crippen LogP contribution < -0.4 is 5.32 Å². The number of carbonyl (C=O) groups excluding carboxylic acids is 3. The van der Waals surface area contributed by atoms with Gasteiger partial charge in [-0.3, -0.25) is 9.59 Å². The molecule has 20 heavy (non-hydrogen) atoms. The highest BCUT2D eigenvalue weighted by Gasteiger charge is 2.20. The number of ketones is 1. The van der Waals surface area contributed by atoms with E-state index in [1.807, 2.05) is 30.3 Å². The SMILES string of the molecule is COC(=O)C(Cc1ccccc1)NC(=O)/C=C/C(C)=O. The van der Waals surface area contributed by atoms with Crippen LogP contribution >= 0.6 is 0 Å². The molecule has 1 atom stereocenters. The number of amides is 1. The highest BCUT2D eigenvalue weighted by Crippen LogP contribution is 2.04. The molecule has 0 aromatic heterocycles. The Morgan fingerprint density at radius 3 is 2.40 bits per heavy atom. The van der Waals surface area contributed by atoms with Gasteiger partial charge in [0.1, 0.15) is 6.04 Å². The molecule has 1 rings (SSSR count). The van der Waals surface area contributed by atoms with Crippen LogP contribution in [0.15, 0.2) is 42.5 Å². The largest absolute Gasteiger partial charge is 0.467 e. The van der Waals surface area contributed by atoms with Crippen molar-refractivity contribution in [3.63, 3.8) is 0 Å². The van der Waals surface area contributed by atoms with Gasteiger partial charge in [-0.15, -0.1) is 0 Å². The van der Waals surface area contributed by atoms with Crippen molar-refractivity contribution >= 4 is 17.7 Å². The van der Waals surface area contributed by atoms with Gasteiger partial charge in [0.05, 0.1) is 7.11 Å². The summed E-state index contributed by atoms with van der Waals surface area (Å²) < 4.78 is 4.67. The normalized spacial score (nSPS) is 11.9. The minimum Gasteiger partial charge on any atom is -0.467 e. The Bertz CT molecular complexity index is 508. The van der Waals surface area contributed by atoms with E-state index in [0.717, 1.165) is 17.7 Å². The van der Waals surface area contributed by atoms with Gasteiger partial charge in [-0.2, -0.15) is 0 Å². The summed E-state index contributed by atoms with van der Waals surface area (Å²) in [6.45, 7) is 1.34. The number of benzene rings is 1. The average Bonchev–Trinajstić information content (AvgIpc) is 2.44. The third-order valence-corrected chi connectivity index (χ3v) is 2.55. The van der Waals surface area contributed by atoms with Crippen molar-refractivity contribution < 1.29 is 19.1 Å². The van der Waals surface area contributed by atoms with Crippen molar-refractivity contribution in [3.05, 3.63) is 48.0 Å². The number of nitrogens with one attached hydrogen (secondary N) is 1. The lowest BCUT2D eigenvalue weighted by molar-refractivity contribution is -0.144. The molecule has 106 valence electrons. The molecule has 5 nitrogen and oxygen atoms in total. The fourth-order valence-electron chi connectivity index (χ4n) is 1.60. The van der Waals surface area contributed by atoms with Gasteiger partial charge >= 0.3 is 5.97 Å². The fraction of sp³-hybridized carbons (Fsp3) is 0.267. The smallest absolute Gasteiger partial charge is 0.328 e. The van der Waals surface area contributed by atoms with E-state index >= 15 is 0 Å². The molecule has 1 N–H and O–H groups in total. The second-order valence-electron chi connectivity index (χ2n) is 4.22. The van der Waals surface area contributed by atoms with Crippen LogP contribution in [0.3, 0.4) is 0 Å². The minimum atomic E-state index is -0.786. The van der Waals surface area contributed by atoms with E-state index in [0.29, 0.717) is 6.42 Å². The summed E-state index contributed by atoms with van der Waals surface area (Å²) in [7, 11) is 1.26. The Hall–Kier alpha value is -2.43. The maximum absolute atomic E-state index is 11.7. The number of hydrogen-bond acceptors (Lipinski definition) is 4. The first-order valence-corrected chi connectivity index (χ1v) is 6.14. The average molecular weight is 275 g/mol. The molecule has 0 fully saturated rings. The van der Waals surface area contributed by atoms with Crippen LogP contribution in [0.1, 0.15) is 12.5 Å². The molecule has 0 saturated heterocycles. The number of carbonyl (C=O) groups is 3. The Kier molecular flexibility index (Phi) is 6.16. The lowest BCUT2D eigenvalue weighted by Crippen LogP contribution is -2.42. The van der Waals surface area contributed by atoms with Crippen LogP contribution in [0.5, 0.6) is 0 Å². The van der Waals surface area contributed by atoms with Gasteiger partial charge in [-0.1, -0.05) is 30.3 Å². The van der Waals surface area contributed by atoms with Crippen LogP contribution in [0.2, 0.25) is 0 Å². The number of esters is 1. The molecule has 0 heterocycles. The molecule has 0 bridgehead atoms. The molecule has 1 amide bonds. The summed E-state index contributed by atoms with van der Waals surface area (Å²) in [5, 5.41) is 2.52. The van der Waals surface area contributed by atoms with Crippen LogP contribution in [-0.4, -0.2) is 30.8 Å². The lowest BCUT2D eigenvalue weighted by Gasteiger charge is -2.15. The van der Waals surface area contributed by atoms with E-state index in [9.17, 15) is 14.4 Å². The zero-order valence-corrected chi connectivity index (χ0v) is 11.5. The topological polar surface area (TPSA) is 72.5 Å². The van der Waals surface area contributed by atoms with Crippen LogP contribution in [0, 0.1) is 0 Å². The zero-order chi connectivity index (χ0) is 15.0. The Labute approximate surface area is 117 Å². The van der Waals surface area contributed by atoms with Crippen LogP contribution in [-0.2, 0) is 25.5 Å². The molecule has 0 saturated carbocycles. The fourth-order valence-corrected chi connectivity index (χ4v) is 1.60. The summed E-state index contributed by atoms with van der Waals surface area (Å²) >= 11 is 0. The second kappa shape index (κ2) is 7.89. The minimum absolute atomic E-state index is 0.238. The predicted octanol–water partition coefficient (Wildman–Crippen LogP) is 1.03. The highest BCUT2D eigenvalue weighted by molar-refractivity contribution is 5.98. The van der Waals surface area contributed by atoms with Crippen molar-refractivity contribution in [1.29, 1.82) is 0 Å². The van der Waals surface area contributed by atoms with Crippen molar-refractivity contribution in [3.8, 4) is 0 Å². The first-order chi connectivity index (χ1) is 9.52. The second-order valence-corrected chi connectivity index (χ2v) is 4.22. The summed E-state index contributed by atoms with van der Waals surface area (Å²) in [4.78, 5) is 34.0. The van der Waals surface area contributed by atoms with Gasteiger partial charge < -0.3 is 10.1 Å². The highest BCUT2D eigenvalue weighted by atomic mass is 16.5. The van der Waals surface area contributed by atoms with E-state index < -0.39 is 17.9 Å². The molecule has 0 spiro atoms. The summed E-state index contributed by atoms with van der Waals surface area (Å²) in [6.07, 6.45) is 2.57. The van der Waals surface area contributed by atoms with Gasteiger partial charge in [0.15, 0.2) is 5.78 Å². The standard InChI is InChI=1S/C15H17NO4/c1-11(17)8-9-14(18)16-13(15(19)20-2)10-12-6-4-3-5-7-12/h3-9,13H,10H2,1-2H3,(H,16,18)/b9-8+. The van der Waals surface area contributed by atoms with Gasteiger partial charge in [0.25, 0.3) is 0 Å². The quantitative estimate of drug-likeness (QED) is 0.621. The van der Waals surface area contributed by atoms with Gasteiger partial charge in [-0.25, -0.2) is 4.79 Å². The van der Waals surface area contributed by atoms with Crippen molar-refractivity contribution in [1.82, 2.24) is 5.32 Å². The number of methoxy groups -OCH3 is 1. The maximum Gasteiger partial charge on any atom is 0.328 e. The molecular formula is C15H17NO4. The molecular weight excluding hydrogens is 258 g/mol.